The van der Waals surface area contributed by atoms with Gasteiger partial charge in [-0.25, -0.2) is 4.79 Å². The van der Waals surface area contributed by atoms with Gasteiger partial charge in [0.25, 0.3) is 0 Å². The van der Waals surface area contributed by atoms with E-state index in [2.05, 4.69) is 30.7 Å². The molecule has 1 aliphatic carbocycles. The second-order valence-corrected chi connectivity index (χ2v) is 9.70. The van der Waals surface area contributed by atoms with Crippen LogP contribution < -0.4 is 0 Å². The standard InChI is InChI=1S/C24H36N2O2/c1-17-11-23(28-24(27)19-7-5-4-6-8-19)16-26(14-17)22-10-9-20-15-25(3)18(2)12-21(20)13-22/h4-8,17-18,20-23H,9-16H2,1-3H3/t17-,18-,20+,21+,22+,23-/m1/s1. The Morgan fingerprint density at radius 3 is 2.54 bits per heavy atom. The van der Waals surface area contributed by atoms with Gasteiger partial charge >= 0.3 is 5.97 Å². The van der Waals surface area contributed by atoms with Crippen LogP contribution in [0.3, 0.4) is 0 Å². The summed E-state index contributed by atoms with van der Waals surface area (Å²) < 4.78 is 5.92. The topological polar surface area (TPSA) is 32.8 Å². The molecule has 1 saturated carbocycles. The van der Waals surface area contributed by atoms with Gasteiger partial charge in [0.2, 0.25) is 0 Å². The fourth-order valence-electron chi connectivity index (χ4n) is 5.84. The Kier molecular flexibility index (Phi) is 6.07. The number of likely N-dealkylation sites (tertiary alicyclic amines) is 2. The molecular weight excluding hydrogens is 348 g/mol. The van der Waals surface area contributed by atoms with Crippen molar-refractivity contribution in [2.45, 2.75) is 64.1 Å². The van der Waals surface area contributed by atoms with Crippen LogP contribution in [0.2, 0.25) is 0 Å². The maximum atomic E-state index is 12.5. The summed E-state index contributed by atoms with van der Waals surface area (Å²) in [5, 5.41) is 0. The first-order valence-electron chi connectivity index (χ1n) is 11.2. The highest BCUT2D eigenvalue weighted by Gasteiger charge is 2.40. The largest absolute Gasteiger partial charge is 0.457 e. The van der Waals surface area contributed by atoms with Crippen LogP contribution >= 0.6 is 0 Å². The van der Waals surface area contributed by atoms with Crippen LogP contribution in [-0.4, -0.2) is 60.6 Å². The summed E-state index contributed by atoms with van der Waals surface area (Å²) in [4.78, 5) is 17.7. The Labute approximate surface area is 170 Å². The van der Waals surface area contributed by atoms with Crippen molar-refractivity contribution in [3.05, 3.63) is 35.9 Å². The van der Waals surface area contributed by atoms with E-state index < -0.39 is 0 Å². The summed E-state index contributed by atoms with van der Waals surface area (Å²) in [5.41, 5.74) is 0.660. The van der Waals surface area contributed by atoms with Crippen molar-refractivity contribution in [2.24, 2.45) is 17.8 Å². The number of carbonyl (C=O) groups excluding carboxylic acids is 1. The Bertz CT molecular complexity index is 664. The van der Waals surface area contributed by atoms with Gasteiger partial charge in [0.05, 0.1) is 5.56 Å². The average molecular weight is 385 g/mol. The minimum absolute atomic E-state index is 0.0191. The predicted octanol–water partition coefficient (Wildman–Crippen LogP) is 4.06. The first kappa shape index (κ1) is 19.9. The highest BCUT2D eigenvalue weighted by atomic mass is 16.5. The van der Waals surface area contributed by atoms with Gasteiger partial charge in [-0.05, 0) is 76.0 Å². The van der Waals surface area contributed by atoms with E-state index in [0.29, 0.717) is 23.6 Å². The summed E-state index contributed by atoms with van der Waals surface area (Å²) in [6, 6.07) is 10.8. The lowest BCUT2D eigenvalue weighted by Crippen LogP contribution is -2.53. The molecule has 0 bridgehead atoms. The van der Waals surface area contributed by atoms with E-state index in [9.17, 15) is 4.79 Å². The normalized spacial score (nSPS) is 37.2. The predicted molar refractivity (Wildman–Crippen MR) is 112 cm³/mol. The van der Waals surface area contributed by atoms with Gasteiger partial charge in [-0.3, -0.25) is 4.90 Å². The molecule has 0 spiro atoms. The number of ether oxygens (including phenoxy) is 1. The zero-order valence-corrected chi connectivity index (χ0v) is 17.7. The van der Waals surface area contributed by atoms with E-state index in [-0.39, 0.29) is 12.1 Å². The molecule has 2 heterocycles. The second kappa shape index (κ2) is 8.54. The minimum atomic E-state index is -0.174. The monoisotopic (exact) mass is 384 g/mol. The van der Waals surface area contributed by atoms with Crippen LogP contribution in [-0.2, 0) is 4.74 Å². The van der Waals surface area contributed by atoms with Crippen molar-refractivity contribution in [3.63, 3.8) is 0 Å². The molecule has 154 valence electrons. The van der Waals surface area contributed by atoms with Gasteiger partial charge in [-0.2, -0.15) is 0 Å². The summed E-state index contributed by atoms with van der Waals surface area (Å²) in [7, 11) is 2.28. The fourth-order valence-corrected chi connectivity index (χ4v) is 5.84. The molecule has 0 aromatic heterocycles. The molecule has 1 aromatic rings. The second-order valence-electron chi connectivity index (χ2n) is 9.70. The zero-order chi connectivity index (χ0) is 19.7. The minimum Gasteiger partial charge on any atom is -0.457 e. The van der Waals surface area contributed by atoms with Gasteiger partial charge in [-0.1, -0.05) is 25.1 Å². The van der Waals surface area contributed by atoms with Crippen LogP contribution in [0, 0.1) is 17.8 Å². The lowest BCUT2D eigenvalue weighted by Gasteiger charge is -2.49. The van der Waals surface area contributed by atoms with Crippen molar-refractivity contribution in [1.82, 2.24) is 9.80 Å². The summed E-state index contributed by atoms with van der Waals surface area (Å²) >= 11 is 0. The van der Waals surface area contributed by atoms with Crippen LogP contribution in [0.1, 0.15) is 56.3 Å². The van der Waals surface area contributed by atoms with Gasteiger partial charge in [0, 0.05) is 31.7 Å². The zero-order valence-electron chi connectivity index (χ0n) is 17.7. The number of fused-ring (bicyclic) bond motifs is 1. The van der Waals surface area contributed by atoms with Gasteiger partial charge in [-0.15, -0.1) is 0 Å². The SMILES string of the molecule is C[C@@H]1C[C@@H](OC(=O)c2ccccc2)CN([C@H]2CC[C@H]3CN(C)[C@H](C)C[C@H]3C2)C1. The third-order valence-electron chi connectivity index (χ3n) is 7.48. The Morgan fingerprint density at radius 2 is 1.75 bits per heavy atom. The lowest BCUT2D eigenvalue weighted by molar-refractivity contribution is -0.0333. The number of benzene rings is 1. The molecule has 3 fully saturated rings. The van der Waals surface area contributed by atoms with E-state index in [4.69, 9.17) is 4.74 Å². The molecule has 4 nitrogen and oxygen atoms in total. The Morgan fingerprint density at radius 1 is 0.964 bits per heavy atom. The van der Waals surface area contributed by atoms with Crippen molar-refractivity contribution < 1.29 is 9.53 Å². The number of piperidine rings is 2. The fraction of sp³-hybridized carbons (Fsp3) is 0.708. The summed E-state index contributed by atoms with van der Waals surface area (Å²) in [6.45, 7) is 8.00. The number of hydrogen-bond donors (Lipinski definition) is 0. The van der Waals surface area contributed by atoms with Crippen molar-refractivity contribution in [1.29, 1.82) is 0 Å². The molecule has 0 N–H and O–H groups in total. The van der Waals surface area contributed by atoms with E-state index in [1.807, 2.05) is 30.3 Å². The summed E-state index contributed by atoms with van der Waals surface area (Å²) in [6.07, 6.45) is 6.32. The molecule has 1 aromatic carbocycles. The first-order valence-corrected chi connectivity index (χ1v) is 11.2. The molecule has 4 heteroatoms. The number of carbonyl (C=O) groups is 1. The maximum Gasteiger partial charge on any atom is 0.338 e. The molecule has 28 heavy (non-hydrogen) atoms. The van der Waals surface area contributed by atoms with Gasteiger partial charge in [0.15, 0.2) is 0 Å². The summed E-state index contributed by atoms with van der Waals surface area (Å²) in [5.74, 6) is 2.16. The number of hydrogen-bond acceptors (Lipinski definition) is 4. The molecule has 3 aliphatic rings. The van der Waals surface area contributed by atoms with Crippen molar-refractivity contribution in [3.8, 4) is 0 Å². The smallest absolute Gasteiger partial charge is 0.338 e. The molecule has 0 amide bonds. The van der Waals surface area contributed by atoms with Crippen LogP contribution in [0.15, 0.2) is 30.3 Å². The van der Waals surface area contributed by atoms with E-state index in [0.717, 1.165) is 31.3 Å². The van der Waals surface area contributed by atoms with E-state index >= 15 is 0 Å². The Hall–Kier alpha value is -1.39. The van der Waals surface area contributed by atoms with Crippen LogP contribution in [0.5, 0.6) is 0 Å². The van der Waals surface area contributed by atoms with Crippen molar-refractivity contribution >= 4 is 5.97 Å². The van der Waals surface area contributed by atoms with Crippen LogP contribution in [0.25, 0.3) is 0 Å². The van der Waals surface area contributed by atoms with E-state index in [1.54, 1.807) is 0 Å². The lowest BCUT2D eigenvalue weighted by atomic mass is 9.71. The van der Waals surface area contributed by atoms with E-state index in [1.165, 1.54) is 32.2 Å². The number of esters is 1. The molecule has 2 aliphatic heterocycles. The van der Waals surface area contributed by atoms with Crippen LogP contribution in [0.4, 0.5) is 0 Å². The van der Waals surface area contributed by atoms with Gasteiger partial charge < -0.3 is 9.64 Å². The third-order valence-corrected chi connectivity index (χ3v) is 7.48. The quantitative estimate of drug-likeness (QED) is 0.736. The maximum absolute atomic E-state index is 12.5. The molecule has 6 atom stereocenters. The molecule has 2 saturated heterocycles. The first-order chi connectivity index (χ1) is 13.5. The average Bonchev–Trinajstić information content (AvgIpc) is 2.69. The molecule has 0 radical (unpaired) electrons. The highest BCUT2D eigenvalue weighted by molar-refractivity contribution is 5.89. The highest BCUT2D eigenvalue weighted by Crippen LogP contribution is 2.40. The van der Waals surface area contributed by atoms with Gasteiger partial charge in [0.1, 0.15) is 6.10 Å². The Balaban J connectivity index is 1.36. The molecule has 4 rings (SSSR count). The third kappa shape index (κ3) is 4.44. The number of nitrogens with zero attached hydrogens (tertiary/aromatic N) is 2. The molecule has 0 unspecified atom stereocenters. The number of rotatable bonds is 3. The molecular formula is C24H36N2O2. The van der Waals surface area contributed by atoms with Crippen molar-refractivity contribution in [2.75, 3.05) is 26.7 Å².